The van der Waals surface area contributed by atoms with Crippen LogP contribution < -0.4 is 25.3 Å². The number of amides is 1. The molecule has 32 heavy (non-hydrogen) atoms. The van der Waals surface area contributed by atoms with Gasteiger partial charge in [0.1, 0.15) is 11.6 Å². The maximum atomic E-state index is 12.2. The Bertz CT molecular complexity index is 1230. The van der Waals surface area contributed by atoms with E-state index in [9.17, 15) is 10.1 Å². The second-order valence-corrected chi connectivity index (χ2v) is 7.11. The van der Waals surface area contributed by atoms with E-state index in [0.717, 1.165) is 16.8 Å². The van der Waals surface area contributed by atoms with Gasteiger partial charge in [-0.25, -0.2) is 0 Å². The summed E-state index contributed by atoms with van der Waals surface area (Å²) in [6.45, 7) is 1.65. The molecular weight excluding hydrogens is 410 g/mol. The fourth-order valence-corrected chi connectivity index (χ4v) is 3.58. The molecule has 0 radical (unpaired) electrons. The van der Waals surface area contributed by atoms with E-state index in [4.69, 9.17) is 19.9 Å². The van der Waals surface area contributed by atoms with Crippen molar-refractivity contribution in [2.75, 3.05) is 19.0 Å². The van der Waals surface area contributed by atoms with Crippen LogP contribution in [0.1, 0.15) is 22.7 Å². The zero-order chi connectivity index (χ0) is 22.7. The molecule has 1 aliphatic heterocycles. The summed E-state index contributed by atoms with van der Waals surface area (Å²) < 4.78 is 16.7. The number of aromatic nitrogens is 2. The van der Waals surface area contributed by atoms with E-state index < -0.39 is 5.92 Å². The molecule has 0 bridgehead atoms. The Morgan fingerprint density at radius 2 is 2.06 bits per heavy atom. The van der Waals surface area contributed by atoms with Crippen LogP contribution in [-0.2, 0) is 4.79 Å². The van der Waals surface area contributed by atoms with Crippen LogP contribution in [0.15, 0.2) is 60.0 Å². The number of fused-ring (bicyclic) bond motifs is 1. The first kappa shape index (κ1) is 20.8. The molecule has 0 saturated carbocycles. The van der Waals surface area contributed by atoms with Gasteiger partial charge in [0.15, 0.2) is 18.1 Å². The molecular formula is C23H21N5O4. The van der Waals surface area contributed by atoms with Crippen LogP contribution in [0.25, 0.3) is 0 Å². The van der Waals surface area contributed by atoms with Gasteiger partial charge in [-0.3, -0.25) is 9.89 Å². The zero-order valence-electron chi connectivity index (χ0n) is 17.5. The molecule has 4 rings (SSSR count). The number of benzene rings is 2. The van der Waals surface area contributed by atoms with Crippen molar-refractivity contribution in [1.29, 1.82) is 5.26 Å². The van der Waals surface area contributed by atoms with Crippen LogP contribution in [-0.4, -0.2) is 29.8 Å². The van der Waals surface area contributed by atoms with Gasteiger partial charge < -0.3 is 25.3 Å². The number of ether oxygens (including phenoxy) is 3. The number of methoxy groups -OCH3 is 1. The van der Waals surface area contributed by atoms with Crippen molar-refractivity contribution in [1.82, 2.24) is 10.2 Å². The number of aryl methyl sites for hydroxylation is 1. The Kier molecular flexibility index (Phi) is 5.68. The van der Waals surface area contributed by atoms with E-state index in [0.29, 0.717) is 23.1 Å². The first-order valence-corrected chi connectivity index (χ1v) is 9.80. The molecule has 0 aliphatic carbocycles. The summed E-state index contributed by atoms with van der Waals surface area (Å²) in [6, 6.07) is 16.5. The zero-order valence-corrected chi connectivity index (χ0v) is 17.5. The van der Waals surface area contributed by atoms with Crippen LogP contribution in [0.4, 0.5) is 5.69 Å². The second-order valence-electron chi connectivity index (χ2n) is 7.11. The van der Waals surface area contributed by atoms with Crippen molar-refractivity contribution in [3.63, 3.8) is 0 Å². The highest BCUT2D eigenvalue weighted by Crippen LogP contribution is 2.44. The first-order chi connectivity index (χ1) is 15.5. The van der Waals surface area contributed by atoms with E-state index in [1.807, 2.05) is 25.1 Å². The van der Waals surface area contributed by atoms with E-state index in [1.165, 1.54) is 7.11 Å². The molecule has 1 unspecified atom stereocenters. The highest BCUT2D eigenvalue weighted by Gasteiger charge is 2.34. The van der Waals surface area contributed by atoms with E-state index in [-0.39, 0.29) is 24.0 Å². The predicted octanol–water partition coefficient (Wildman–Crippen LogP) is 2.96. The number of nitrogens with two attached hydrogens (primary N) is 1. The van der Waals surface area contributed by atoms with Crippen LogP contribution in [0.2, 0.25) is 0 Å². The van der Waals surface area contributed by atoms with Crippen LogP contribution in [0.5, 0.6) is 17.4 Å². The first-order valence-electron chi connectivity index (χ1n) is 9.80. The van der Waals surface area contributed by atoms with Crippen molar-refractivity contribution >= 4 is 11.6 Å². The second kappa shape index (κ2) is 8.73. The minimum Gasteiger partial charge on any atom is -0.493 e. The molecule has 4 N–H and O–H groups in total. The molecule has 9 nitrogen and oxygen atoms in total. The Morgan fingerprint density at radius 1 is 1.28 bits per heavy atom. The SMILES string of the molecule is COc1cc(C2C(C#N)=C(N)Oc3n[nH]c(C)c32)ccc1OCC(=O)Nc1ccccc1. The highest BCUT2D eigenvalue weighted by atomic mass is 16.5. The van der Waals surface area contributed by atoms with Crippen LogP contribution in [0.3, 0.4) is 0 Å². The number of anilines is 1. The molecule has 1 atom stereocenters. The number of hydrogen-bond acceptors (Lipinski definition) is 7. The third kappa shape index (κ3) is 3.94. The average Bonchev–Trinajstić information content (AvgIpc) is 3.17. The van der Waals surface area contributed by atoms with Crippen molar-refractivity contribution in [2.24, 2.45) is 5.73 Å². The number of nitrogens with one attached hydrogen (secondary N) is 2. The summed E-state index contributed by atoms with van der Waals surface area (Å²) in [7, 11) is 1.50. The number of hydrogen-bond donors (Lipinski definition) is 3. The monoisotopic (exact) mass is 431 g/mol. The van der Waals surface area contributed by atoms with Gasteiger partial charge >= 0.3 is 0 Å². The molecule has 2 aromatic carbocycles. The number of nitriles is 1. The van der Waals surface area contributed by atoms with Gasteiger partial charge in [-0.15, -0.1) is 5.10 Å². The fourth-order valence-electron chi connectivity index (χ4n) is 3.58. The number of carbonyl (C=O) groups is 1. The number of nitrogens with zero attached hydrogens (tertiary/aromatic N) is 2. The maximum Gasteiger partial charge on any atom is 0.262 e. The lowest BCUT2D eigenvalue weighted by Crippen LogP contribution is -2.21. The average molecular weight is 431 g/mol. The third-order valence-electron chi connectivity index (χ3n) is 5.07. The minimum atomic E-state index is -0.480. The molecule has 0 fully saturated rings. The summed E-state index contributed by atoms with van der Waals surface area (Å²) in [5.41, 5.74) is 9.17. The van der Waals surface area contributed by atoms with Gasteiger partial charge in [0.05, 0.1) is 13.0 Å². The summed E-state index contributed by atoms with van der Waals surface area (Å²) >= 11 is 0. The van der Waals surface area contributed by atoms with Crippen LogP contribution in [0, 0.1) is 18.3 Å². The van der Waals surface area contributed by atoms with Gasteiger partial charge in [0.2, 0.25) is 11.8 Å². The lowest BCUT2D eigenvalue weighted by molar-refractivity contribution is -0.118. The largest absolute Gasteiger partial charge is 0.493 e. The number of para-hydroxylation sites is 1. The van der Waals surface area contributed by atoms with Gasteiger partial charge in [-0.05, 0) is 36.8 Å². The molecule has 9 heteroatoms. The van der Waals surface area contributed by atoms with Gasteiger partial charge in [0, 0.05) is 16.9 Å². The normalized spacial score (nSPS) is 14.7. The molecule has 1 aromatic heterocycles. The molecule has 1 amide bonds. The molecule has 3 aromatic rings. The summed E-state index contributed by atoms with van der Waals surface area (Å²) in [4.78, 5) is 12.2. The number of rotatable bonds is 6. The lowest BCUT2D eigenvalue weighted by Gasteiger charge is -2.24. The molecule has 162 valence electrons. The van der Waals surface area contributed by atoms with Crippen LogP contribution >= 0.6 is 0 Å². The number of allylic oxidation sites excluding steroid dienone is 1. The van der Waals surface area contributed by atoms with Gasteiger partial charge in [-0.1, -0.05) is 24.3 Å². The summed E-state index contributed by atoms with van der Waals surface area (Å²) in [6.07, 6.45) is 0. The topological polar surface area (TPSA) is 135 Å². The summed E-state index contributed by atoms with van der Waals surface area (Å²) in [5, 5.41) is 19.4. The standard InChI is InChI=1S/C23H21N5O4/c1-13-20-21(16(11-24)22(25)32-23(20)28-27-13)14-8-9-17(18(10-14)30-2)31-12-19(29)26-15-6-4-3-5-7-15/h3-10,21H,12,25H2,1-2H3,(H,26,29)(H,27,28). The van der Waals surface area contributed by atoms with Crippen molar-refractivity contribution in [3.05, 3.63) is 76.8 Å². The number of aromatic amines is 1. The predicted molar refractivity (Wildman–Crippen MR) is 116 cm³/mol. The molecule has 1 aliphatic rings. The quantitative estimate of drug-likeness (QED) is 0.546. The Hall–Kier alpha value is -4.45. The Labute approximate surface area is 184 Å². The van der Waals surface area contributed by atoms with Gasteiger partial charge in [0.25, 0.3) is 5.91 Å². The van der Waals surface area contributed by atoms with Crippen molar-refractivity contribution in [3.8, 4) is 23.4 Å². The van der Waals surface area contributed by atoms with E-state index in [2.05, 4.69) is 21.6 Å². The number of carbonyl (C=O) groups excluding carboxylic acids is 1. The number of H-pyrrole nitrogens is 1. The Balaban J connectivity index is 1.58. The molecule has 2 heterocycles. The van der Waals surface area contributed by atoms with E-state index >= 15 is 0 Å². The van der Waals surface area contributed by atoms with Crippen molar-refractivity contribution in [2.45, 2.75) is 12.8 Å². The summed E-state index contributed by atoms with van der Waals surface area (Å²) in [5.74, 6) is 0.375. The van der Waals surface area contributed by atoms with Gasteiger partial charge in [-0.2, -0.15) is 5.26 Å². The minimum absolute atomic E-state index is 0.00776. The smallest absolute Gasteiger partial charge is 0.262 e. The van der Waals surface area contributed by atoms with E-state index in [1.54, 1.807) is 30.3 Å². The Morgan fingerprint density at radius 3 is 2.78 bits per heavy atom. The fraction of sp³-hybridized carbons (Fsp3) is 0.174. The molecule has 0 spiro atoms. The third-order valence-corrected chi connectivity index (χ3v) is 5.07. The lowest BCUT2D eigenvalue weighted by atomic mass is 9.84. The highest BCUT2D eigenvalue weighted by molar-refractivity contribution is 5.91. The maximum absolute atomic E-state index is 12.2. The van der Waals surface area contributed by atoms with Crippen molar-refractivity contribution < 1.29 is 19.0 Å². The molecule has 0 saturated heterocycles.